The average molecular weight is 319 g/mol. The summed E-state index contributed by atoms with van der Waals surface area (Å²) in [7, 11) is 1.57. The number of hydrogen-bond donors (Lipinski definition) is 2. The summed E-state index contributed by atoms with van der Waals surface area (Å²) in [6.07, 6.45) is 0. The van der Waals surface area contributed by atoms with Crippen LogP contribution in [-0.4, -0.2) is 37.7 Å². The first-order valence-corrected chi connectivity index (χ1v) is 7.01. The number of nitrogens with zero attached hydrogens (tertiary/aromatic N) is 2. The van der Waals surface area contributed by atoms with Crippen LogP contribution in [0.25, 0.3) is 10.9 Å². The Labute approximate surface area is 133 Å². The lowest BCUT2D eigenvalue weighted by Gasteiger charge is -2.09. The van der Waals surface area contributed by atoms with E-state index in [1.54, 1.807) is 31.4 Å². The van der Waals surface area contributed by atoms with Crippen molar-refractivity contribution in [1.82, 2.24) is 10.3 Å². The summed E-state index contributed by atoms with van der Waals surface area (Å²) in [6, 6.07) is 8.85. The van der Waals surface area contributed by atoms with E-state index in [9.17, 15) is 10.1 Å². The topological polar surface area (TPSA) is 87.0 Å². The number of fused-ring (bicyclic) bond motifs is 1. The maximum absolute atomic E-state index is 11.6. The number of nitriles is 1. The molecule has 7 heteroatoms. The lowest BCUT2D eigenvalue weighted by molar-refractivity contribution is -0.119. The zero-order valence-electron chi connectivity index (χ0n) is 12.0. The number of anilines is 1. The molecule has 0 saturated carbocycles. The zero-order chi connectivity index (χ0) is 15.9. The largest absolute Gasteiger partial charge is 0.383 e. The highest BCUT2D eigenvalue weighted by molar-refractivity contribution is 6.31. The van der Waals surface area contributed by atoms with Gasteiger partial charge in [-0.1, -0.05) is 11.6 Å². The lowest BCUT2D eigenvalue weighted by atomic mass is 10.1. The van der Waals surface area contributed by atoms with Gasteiger partial charge in [0.2, 0.25) is 5.91 Å². The highest BCUT2D eigenvalue weighted by Gasteiger charge is 2.07. The second-order valence-corrected chi connectivity index (χ2v) is 4.96. The van der Waals surface area contributed by atoms with E-state index < -0.39 is 0 Å². The number of hydrogen-bond acceptors (Lipinski definition) is 5. The number of aromatic nitrogens is 1. The Balaban J connectivity index is 2.11. The lowest BCUT2D eigenvalue weighted by Crippen LogP contribution is -2.32. The maximum atomic E-state index is 11.6. The molecule has 0 aliphatic carbocycles. The van der Waals surface area contributed by atoms with E-state index in [0.29, 0.717) is 40.5 Å². The van der Waals surface area contributed by atoms with Gasteiger partial charge in [0.1, 0.15) is 5.82 Å². The fraction of sp³-hybridized carbons (Fsp3) is 0.267. The standard InChI is InChI=1S/C15H15ClN4O2/c1-22-5-4-18-15(21)9-19-14-6-10(8-17)12-7-11(16)2-3-13(12)20-14/h2-3,6-7H,4-5,9H2,1H3,(H,18,21)(H,19,20). The van der Waals surface area contributed by atoms with Crippen LogP contribution in [0.5, 0.6) is 0 Å². The number of pyridine rings is 1. The number of carbonyl (C=O) groups is 1. The number of benzene rings is 1. The second kappa shape index (κ2) is 7.59. The number of methoxy groups -OCH3 is 1. The van der Waals surface area contributed by atoms with Gasteiger partial charge < -0.3 is 15.4 Å². The van der Waals surface area contributed by atoms with Crippen LogP contribution in [0.4, 0.5) is 5.82 Å². The predicted molar refractivity (Wildman–Crippen MR) is 84.8 cm³/mol. The van der Waals surface area contributed by atoms with Crippen molar-refractivity contribution >= 4 is 34.2 Å². The van der Waals surface area contributed by atoms with Crippen LogP contribution >= 0.6 is 11.6 Å². The molecule has 0 atom stereocenters. The van der Waals surface area contributed by atoms with Crippen molar-refractivity contribution in [3.05, 3.63) is 34.9 Å². The molecule has 22 heavy (non-hydrogen) atoms. The number of amides is 1. The number of carbonyl (C=O) groups excluding carboxylic acids is 1. The van der Waals surface area contributed by atoms with Crippen LogP contribution in [0.2, 0.25) is 5.02 Å². The number of ether oxygens (including phenoxy) is 1. The van der Waals surface area contributed by atoms with Gasteiger partial charge in [-0.2, -0.15) is 5.26 Å². The first-order valence-electron chi connectivity index (χ1n) is 6.64. The molecule has 114 valence electrons. The Morgan fingerprint density at radius 2 is 2.27 bits per heavy atom. The van der Waals surface area contributed by atoms with Crippen molar-refractivity contribution < 1.29 is 9.53 Å². The highest BCUT2D eigenvalue weighted by atomic mass is 35.5. The molecule has 6 nitrogen and oxygen atoms in total. The van der Waals surface area contributed by atoms with Crippen LogP contribution in [0, 0.1) is 11.3 Å². The van der Waals surface area contributed by atoms with Gasteiger partial charge >= 0.3 is 0 Å². The molecule has 2 aromatic rings. The molecule has 0 aliphatic heterocycles. The molecule has 0 radical (unpaired) electrons. The molecule has 0 aliphatic rings. The third-order valence-electron chi connectivity index (χ3n) is 2.95. The summed E-state index contributed by atoms with van der Waals surface area (Å²) in [5, 5.41) is 16.1. The molecule has 0 bridgehead atoms. The minimum atomic E-state index is -0.173. The number of halogens is 1. The van der Waals surface area contributed by atoms with Crippen molar-refractivity contribution in [2.24, 2.45) is 0 Å². The van der Waals surface area contributed by atoms with Gasteiger partial charge in [-0.3, -0.25) is 4.79 Å². The van der Waals surface area contributed by atoms with Gasteiger partial charge in [0.25, 0.3) is 0 Å². The maximum Gasteiger partial charge on any atom is 0.239 e. The molecule has 0 saturated heterocycles. The smallest absolute Gasteiger partial charge is 0.239 e. The summed E-state index contributed by atoms with van der Waals surface area (Å²) in [6.45, 7) is 0.976. The highest BCUT2D eigenvalue weighted by Crippen LogP contribution is 2.23. The molecular weight excluding hydrogens is 304 g/mol. The zero-order valence-corrected chi connectivity index (χ0v) is 12.8. The molecule has 1 amide bonds. The monoisotopic (exact) mass is 318 g/mol. The van der Waals surface area contributed by atoms with Crippen molar-refractivity contribution in [1.29, 1.82) is 5.26 Å². The third kappa shape index (κ3) is 4.07. The molecular formula is C15H15ClN4O2. The molecule has 0 spiro atoms. The van der Waals surface area contributed by atoms with Crippen molar-refractivity contribution in [3.8, 4) is 6.07 Å². The summed E-state index contributed by atoms with van der Waals surface area (Å²) in [5.74, 6) is 0.293. The Bertz CT molecular complexity index is 727. The van der Waals surface area contributed by atoms with Gasteiger partial charge in [-0.15, -0.1) is 0 Å². The molecule has 2 rings (SSSR count). The Morgan fingerprint density at radius 1 is 1.45 bits per heavy atom. The first-order chi connectivity index (χ1) is 10.6. The Hall–Kier alpha value is -2.36. The Kier molecular flexibility index (Phi) is 5.53. The first kappa shape index (κ1) is 16.0. The minimum Gasteiger partial charge on any atom is -0.383 e. The quantitative estimate of drug-likeness (QED) is 0.795. The van der Waals surface area contributed by atoms with E-state index in [1.165, 1.54) is 0 Å². The van der Waals surface area contributed by atoms with E-state index in [-0.39, 0.29) is 12.5 Å². The predicted octanol–water partition coefficient (Wildman–Crippen LogP) is 1.93. The number of rotatable bonds is 6. The fourth-order valence-corrected chi connectivity index (χ4v) is 2.08. The van der Waals surface area contributed by atoms with Gasteiger partial charge in [0, 0.05) is 24.1 Å². The molecule has 2 N–H and O–H groups in total. The van der Waals surface area contributed by atoms with E-state index >= 15 is 0 Å². The summed E-state index contributed by atoms with van der Waals surface area (Å²) in [5.41, 5.74) is 1.10. The molecule has 1 heterocycles. The second-order valence-electron chi connectivity index (χ2n) is 4.52. The third-order valence-corrected chi connectivity index (χ3v) is 3.18. The van der Waals surface area contributed by atoms with Gasteiger partial charge in [0.15, 0.2) is 0 Å². The minimum absolute atomic E-state index is 0.0701. The van der Waals surface area contributed by atoms with E-state index in [4.69, 9.17) is 16.3 Å². The van der Waals surface area contributed by atoms with Crippen LogP contribution in [0.3, 0.4) is 0 Å². The summed E-state index contributed by atoms with van der Waals surface area (Å²) < 4.78 is 4.85. The van der Waals surface area contributed by atoms with Crippen LogP contribution in [-0.2, 0) is 9.53 Å². The molecule has 0 fully saturated rings. The SMILES string of the molecule is COCCNC(=O)CNc1cc(C#N)c2cc(Cl)ccc2n1. The number of nitrogens with one attached hydrogen (secondary N) is 2. The normalized spacial score (nSPS) is 10.2. The summed E-state index contributed by atoms with van der Waals surface area (Å²) >= 11 is 5.93. The average Bonchev–Trinajstić information content (AvgIpc) is 2.52. The van der Waals surface area contributed by atoms with E-state index in [0.717, 1.165) is 0 Å². The Morgan fingerprint density at radius 3 is 3.00 bits per heavy atom. The van der Waals surface area contributed by atoms with Gasteiger partial charge in [-0.05, 0) is 24.3 Å². The van der Waals surface area contributed by atoms with Crippen molar-refractivity contribution in [3.63, 3.8) is 0 Å². The van der Waals surface area contributed by atoms with E-state index in [2.05, 4.69) is 21.7 Å². The molecule has 1 aromatic carbocycles. The van der Waals surface area contributed by atoms with Crippen molar-refractivity contribution in [2.45, 2.75) is 0 Å². The van der Waals surface area contributed by atoms with Crippen LogP contribution in [0.1, 0.15) is 5.56 Å². The van der Waals surface area contributed by atoms with Gasteiger partial charge in [-0.25, -0.2) is 4.98 Å². The van der Waals surface area contributed by atoms with Crippen LogP contribution < -0.4 is 10.6 Å². The fourth-order valence-electron chi connectivity index (χ4n) is 1.91. The molecule has 1 aromatic heterocycles. The summed E-state index contributed by atoms with van der Waals surface area (Å²) in [4.78, 5) is 16.0. The molecule has 0 unspecified atom stereocenters. The van der Waals surface area contributed by atoms with Crippen molar-refractivity contribution in [2.75, 3.05) is 32.1 Å². The van der Waals surface area contributed by atoms with E-state index in [1.807, 2.05) is 0 Å². The van der Waals surface area contributed by atoms with Gasteiger partial charge in [0.05, 0.1) is 30.3 Å². The van der Waals surface area contributed by atoms with Crippen LogP contribution in [0.15, 0.2) is 24.3 Å².